The Balaban J connectivity index is 2.52. The average molecular weight is 300 g/mol. The van der Waals surface area contributed by atoms with Gasteiger partial charge in [0.2, 0.25) is 0 Å². The van der Waals surface area contributed by atoms with Gasteiger partial charge in [-0.05, 0) is 73.8 Å². The maximum Gasteiger partial charge on any atom is 0.0637 e. The first-order valence-corrected chi connectivity index (χ1v) is 8.43. The molecule has 4 nitrogen and oxygen atoms in total. The molecule has 1 unspecified atom stereocenters. The van der Waals surface area contributed by atoms with Gasteiger partial charge in [-0.1, -0.05) is 6.92 Å². The normalized spacial score (nSPS) is 21.7. The van der Waals surface area contributed by atoms with E-state index in [-0.39, 0.29) is 5.60 Å². The summed E-state index contributed by atoms with van der Waals surface area (Å²) in [7, 11) is 6.26. The number of nitrogens with zero attached hydrogens (tertiary/aromatic N) is 2. The molecule has 126 valence electrons. The molecule has 0 amide bonds. The van der Waals surface area contributed by atoms with Crippen molar-refractivity contribution < 1.29 is 4.74 Å². The molecule has 1 saturated heterocycles. The number of hydrogen-bond acceptors (Lipinski definition) is 4. The zero-order valence-electron chi connectivity index (χ0n) is 15.3. The van der Waals surface area contributed by atoms with E-state index in [1.807, 2.05) is 0 Å². The molecule has 1 aliphatic heterocycles. The molecule has 1 rings (SSSR count). The van der Waals surface area contributed by atoms with E-state index >= 15 is 0 Å². The van der Waals surface area contributed by atoms with Crippen LogP contribution in [0.15, 0.2) is 0 Å². The van der Waals surface area contributed by atoms with E-state index in [0.29, 0.717) is 11.6 Å². The highest BCUT2D eigenvalue weighted by atomic mass is 16.5. The van der Waals surface area contributed by atoms with Crippen LogP contribution in [0.4, 0.5) is 0 Å². The lowest BCUT2D eigenvalue weighted by molar-refractivity contribution is 0.00505. The Morgan fingerprint density at radius 1 is 1.29 bits per heavy atom. The Morgan fingerprint density at radius 2 is 1.86 bits per heavy atom. The molecular formula is C17H37N3O. The minimum atomic E-state index is -0.0523. The summed E-state index contributed by atoms with van der Waals surface area (Å²) >= 11 is 0. The van der Waals surface area contributed by atoms with Gasteiger partial charge in [-0.25, -0.2) is 0 Å². The summed E-state index contributed by atoms with van der Waals surface area (Å²) in [6, 6.07) is 0.473. The van der Waals surface area contributed by atoms with Crippen molar-refractivity contribution >= 4 is 0 Å². The predicted octanol–water partition coefficient (Wildman–Crippen LogP) is 2.20. The summed E-state index contributed by atoms with van der Waals surface area (Å²) in [4.78, 5) is 4.99. The fraction of sp³-hybridized carbons (Fsp3) is 1.00. The minimum Gasteiger partial charge on any atom is -0.379 e. The Kier molecular flexibility index (Phi) is 7.11. The van der Waals surface area contributed by atoms with Gasteiger partial charge in [0.05, 0.1) is 5.60 Å². The number of hydrogen-bond donors (Lipinski definition) is 1. The van der Waals surface area contributed by atoms with E-state index in [1.54, 1.807) is 7.11 Å². The molecule has 0 aromatic carbocycles. The molecule has 1 fully saturated rings. The van der Waals surface area contributed by atoms with Gasteiger partial charge in [0.15, 0.2) is 0 Å². The molecule has 0 spiro atoms. The molecule has 0 bridgehead atoms. The van der Waals surface area contributed by atoms with Crippen LogP contribution in [0.3, 0.4) is 0 Å². The van der Waals surface area contributed by atoms with Crippen molar-refractivity contribution in [2.45, 2.75) is 64.1 Å². The van der Waals surface area contributed by atoms with Crippen LogP contribution in [0.2, 0.25) is 0 Å². The molecule has 1 N–H and O–H groups in total. The van der Waals surface area contributed by atoms with E-state index in [4.69, 9.17) is 4.74 Å². The van der Waals surface area contributed by atoms with Gasteiger partial charge >= 0.3 is 0 Å². The van der Waals surface area contributed by atoms with E-state index in [2.05, 4.69) is 56.9 Å². The van der Waals surface area contributed by atoms with Crippen molar-refractivity contribution in [1.29, 1.82) is 0 Å². The summed E-state index contributed by atoms with van der Waals surface area (Å²) in [5.74, 6) is 0. The fourth-order valence-electron chi connectivity index (χ4n) is 3.32. The standard InChI is InChI=1S/C17H37N3O/c1-8-20-11-9-17(10-12-20,19(5)6)14-18-15(2)13-16(3,4)21-7/h15,18H,8-14H2,1-7H3. The van der Waals surface area contributed by atoms with Gasteiger partial charge in [-0.2, -0.15) is 0 Å². The Bertz CT molecular complexity index is 296. The topological polar surface area (TPSA) is 27.7 Å². The summed E-state index contributed by atoms with van der Waals surface area (Å²) in [6.07, 6.45) is 3.54. The molecule has 0 saturated carbocycles. The lowest BCUT2D eigenvalue weighted by atomic mass is 9.85. The highest BCUT2D eigenvalue weighted by Crippen LogP contribution is 2.27. The zero-order valence-corrected chi connectivity index (χ0v) is 15.3. The molecule has 4 heteroatoms. The second kappa shape index (κ2) is 7.91. The SMILES string of the molecule is CCN1CCC(CNC(C)CC(C)(C)OC)(N(C)C)CC1. The number of rotatable bonds is 8. The number of nitrogens with one attached hydrogen (secondary N) is 1. The van der Waals surface area contributed by atoms with Crippen molar-refractivity contribution in [3.63, 3.8) is 0 Å². The third kappa shape index (κ3) is 5.51. The first-order chi connectivity index (χ1) is 9.74. The van der Waals surface area contributed by atoms with Crippen molar-refractivity contribution in [2.24, 2.45) is 0 Å². The molecule has 0 radical (unpaired) electrons. The van der Waals surface area contributed by atoms with Crippen LogP contribution in [0.5, 0.6) is 0 Å². The highest BCUT2D eigenvalue weighted by molar-refractivity contribution is 4.95. The van der Waals surface area contributed by atoms with Crippen molar-refractivity contribution in [3.8, 4) is 0 Å². The maximum atomic E-state index is 5.54. The summed E-state index contributed by atoms with van der Waals surface area (Å²) < 4.78 is 5.54. The number of likely N-dealkylation sites (tertiary alicyclic amines) is 1. The van der Waals surface area contributed by atoms with Gasteiger partial charge < -0.3 is 19.9 Å². The number of methoxy groups -OCH3 is 1. The average Bonchev–Trinajstić information content (AvgIpc) is 2.45. The Morgan fingerprint density at radius 3 is 2.29 bits per heavy atom. The predicted molar refractivity (Wildman–Crippen MR) is 90.9 cm³/mol. The third-order valence-electron chi connectivity index (χ3n) is 5.31. The van der Waals surface area contributed by atoms with Crippen molar-refractivity contribution in [2.75, 3.05) is 47.4 Å². The van der Waals surface area contributed by atoms with E-state index in [1.165, 1.54) is 32.5 Å². The molecular weight excluding hydrogens is 262 g/mol. The largest absolute Gasteiger partial charge is 0.379 e. The van der Waals surface area contributed by atoms with Gasteiger partial charge in [0.25, 0.3) is 0 Å². The van der Waals surface area contributed by atoms with Crippen LogP contribution in [0.25, 0.3) is 0 Å². The summed E-state index contributed by atoms with van der Waals surface area (Å²) in [6.45, 7) is 13.5. The first kappa shape index (κ1) is 18.9. The van der Waals surface area contributed by atoms with Gasteiger partial charge in [0.1, 0.15) is 0 Å². The quantitative estimate of drug-likeness (QED) is 0.743. The van der Waals surface area contributed by atoms with Crippen LogP contribution in [-0.4, -0.2) is 74.4 Å². The van der Waals surface area contributed by atoms with Crippen molar-refractivity contribution in [1.82, 2.24) is 15.1 Å². The van der Waals surface area contributed by atoms with E-state index < -0.39 is 0 Å². The summed E-state index contributed by atoms with van der Waals surface area (Å²) in [5.41, 5.74) is 0.250. The number of likely N-dealkylation sites (N-methyl/N-ethyl adjacent to an activating group) is 1. The Labute approximate surface area is 132 Å². The van der Waals surface area contributed by atoms with Crippen molar-refractivity contribution in [3.05, 3.63) is 0 Å². The molecule has 0 aromatic rings. The molecule has 1 heterocycles. The molecule has 1 aliphatic rings. The first-order valence-electron chi connectivity index (χ1n) is 8.43. The van der Waals surface area contributed by atoms with Gasteiger partial charge in [-0.15, -0.1) is 0 Å². The monoisotopic (exact) mass is 299 g/mol. The van der Waals surface area contributed by atoms with Gasteiger partial charge in [-0.3, -0.25) is 0 Å². The zero-order chi connectivity index (χ0) is 16.1. The fourth-order valence-corrected chi connectivity index (χ4v) is 3.32. The lowest BCUT2D eigenvalue weighted by Gasteiger charge is -2.47. The third-order valence-corrected chi connectivity index (χ3v) is 5.31. The van der Waals surface area contributed by atoms with Crippen LogP contribution >= 0.6 is 0 Å². The number of ether oxygens (including phenoxy) is 1. The van der Waals surface area contributed by atoms with Crippen LogP contribution < -0.4 is 5.32 Å². The molecule has 21 heavy (non-hydrogen) atoms. The second-order valence-electron chi connectivity index (χ2n) is 7.50. The minimum absolute atomic E-state index is 0.0523. The van der Waals surface area contributed by atoms with E-state index in [9.17, 15) is 0 Å². The number of piperidine rings is 1. The van der Waals surface area contributed by atoms with Crippen LogP contribution in [-0.2, 0) is 4.74 Å². The lowest BCUT2D eigenvalue weighted by Crippen LogP contribution is -2.58. The Hall–Kier alpha value is -0.160. The smallest absolute Gasteiger partial charge is 0.0637 e. The van der Waals surface area contributed by atoms with Gasteiger partial charge in [0, 0.05) is 25.2 Å². The summed E-state index contributed by atoms with van der Waals surface area (Å²) in [5, 5.41) is 3.76. The second-order valence-corrected chi connectivity index (χ2v) is 7.50. The van der Waals surface area contributed by atoms with E-state index in [0.717, 1.165) is 13.0 Å². The van der Waals surface area contributed by atoms with Crippen LogP contribution in [0, 0.1) is 0 Å². The highest BCUT2D eigenvalue weighted by Gasteiger charge is 2.36. The molecule has 1 atom stereocenters. The molecule has 0 aromatic heterocycles. The van der Waals surface area contributed by atoms with Crippen LogP contribution in [0.1, 0.15) is 47.0 Å². The molecule has 0 aliphatic carbocycles. The maximum absolute atomic E-state index is 5.54.